The van der Waals surface area contributed by atoms with Gasteiger partial charge in [-0.25, -0.2) is 4.39 Å². The number of nitrogens with one attached hydrogen (secondary N) is 2. The molecule has 0 saturated carbocycles. The minimum atomic E-state index is -3.38. The van der Waals surface area contributed by atoms with Gasteiger partial charge in [0.05, 0.1) is 17.7 Å². The Labute approximate surface area is 223 Å². The van der Waals surface area contributed by atoms with Gasteiger partial charge in [-0.2, -0.15) is 0 Å². The van der Waals surface area contributed by atoms with Gasteiger partial charge < -0.3 is 15.0 Å². The molecule has 2 aromatic rings. The summed E-state index contributed by atoms with van der Waals surface area (Å²) in [7, 11) is 0. The lowest BCUT2D eigenvalue weighted by Gasteiger charge is -2.35. The molecular weight excluding hydrogens is 463 g/mol. The van der Waals surface area contributed by atoms with Gasteiger partial charge in [-0.3, -0.25) is 24.6 Å². The number of fused-ring (bicyclic) bond motifs is 1. The summed E-state index contributed by atoms with van der Waals surface area (Å²) in [5.74, 6) is -5.32. The van der Waals surface area contributed by atoms with Crippen LogP contribution in [0.3, 0.4) is 0 Å². The molecule has 2 N–H and O–H groups in total. The highest BCUT2D eigenvalue weighted by molar-refractivity contribution is 6.06. The molecule has 2 fully saturated rings. The standard InChI is InChI=1S/C27H31FN4O4/c1-16-12-31(13-17(2)36-16)14-18-6-7-22(28)19(10-18)11-29-23-5-3-4-20-21(23)15-32(27(20)35)24-8-9-25(33)30-26(24)34/h3-7,10,16-17,24,29H,8-9,11-15H2,1-2H3,(H,30,33,34)/i8D2,9D2,11D2,14D2,15D2. The second-order valence-corrected chi connectivity index (χ2v) is 8.72. The van der Waals surface area contributed by atoms with Crippen molar-refractivity contribution in [3.05, 3.63) is 64.5 Å². The summed E-state index contributed by atoms with van der Waals surface area (Å²) in [4.78, 5) is 40.1. The Bertz CT molecular complexity index is 1610. The lowest BCUT2D eigenvalue weighted by molar-refractivity contribution is -0.136. The highest BCUT2D eigenvalue weighted by Gasteiger charge is 2.39. The third kappa shape index (κ3) is 4.99. The van der Waals surface area contributed by atoms with Crippen molar-refractivity contribution in [2.24, 2.45) is 0 Å². The van der Waals surface area contributed by atoms with E-state index >= 15 is 4.39 Å². The van der Waals surface area contributed by atoms with Crippen LogP contribution in [0.2, 0.25) is 0 Å². The minimum absolute atomic E-state index is 0.0554. The van der Waals surface area contributed by atoms with E-state index in [1.54, 1.807) is 19.2 Å². The molecule has 9 heteroatoms. The molecule has 8 nitrogen and oxygen atoms in total. The molecule has 3 aliphatic rings. The summed E-state index contributed by atoms with van der Waals surface area (Å²) in [6.45, 7) is -4.05. The van der Waals surface area contributed by atoms with Gasteiger partial charge in [-0.05, 0) is 50.0 Å². The van der Waals surface area contributed by atoms with E-state index in [0.29, 0.717) is 0 Å². The van der Waals surface area contributed by atoms with Crippen molar-refractivity contribution in [1.29, 1.82) is 0 Å². The van der Waals surface area contributed by atoms with Gasteiger partial charge in [0.25, 0.3) is 5.91 Å². The summed E-state index contributed by atoms with van der Waals surface area (Å²) in [6.07, 6.45) is -7.30. The Balaban J connectivity index is 1.52. The number of amides is 3. The molecule has 2 aromatic carbocycles. The van der Waals surface area contributed by atoms with Crippen molar-refractivity contribution in [2.45, 2.75) is 64.3 Å². The van der Waals surface area contributed by atoms with Crippen molar-refractivity contribution < 1.29 is 37.2 Å². The van der Waals surface area contributed by atoms with Crippen LogP contribution in [0.5, 0.6) is 0 Å². The number of ether oxygens (including phenoxy) is 1. The molecule has 2 saturated heterocycles. The van der Waals surface area contributed by atoms with Crippen LogP contribution >= 0.6 is 0 Å². The second-order valence-electron chi connectivity index (χ2n) is 8.72. The fourth-order valence-corrected chi connectivity index (χ4v) is 4.31. The summed E-state index contributed by atoms with van der Waals surface area (Å²) in [6, 6.07) is 4.26. The average molecular weight is 505 g/mol. The predicted octanol–water partition coefficient (Wildman–Crippen LogP) is 2.81. The number of hydrogen-bond donors (Lipinski definition) is 2. The first kappa shape index (κ1) is 15.1. The first-order valence-electron chi connectivity index (χ1n) is 16.4. The summed E-state index contributed by atoms with van der Waals surface area (Å²) in [5.41, 5.74) is -2.00. The maximum absolute atomic E-state index is 15.2. The fraction of sp³-hybridized carbons (Fsp3) is 0.444. The number of carbonyl (C=O) groups excluding carboxylic acids is 3. The summed E-state index contributed by atoms with van der Waals surface area (Å²) < 4.78 is 106. The number of carbonyl (C=O) groups is 3. The number of rotatable bonds is 6. The SMILES string of the molecule is [2H]C([2H])(Nc1cccc2c1C([2H])([2H])N(C1C(=O)NC(=O)C([2H])([2H])C1([2H])[2H])C2=O)c1cc(C([2H])([2H])N2CC(C)OC(C)C2)ccc1F. The molecule has 36 heavy (non-hydrogen) atoms. The Kier molecular flexibility index (Phi) is 4.18. The van der Waals surface area contributed by atoms with Gasteiger partial charge in [0.1, 0.15) is 11.9 Å². The molecule has 0 aromatic heterocycles. The third-order valence-electron chi connectivity index (χ3n) is 5.82. The molecule has 0 bridgehead atoms. The monoisotopic (exact) mass is 504 g/mol. The molecule has 3 unspecified atom stereocenters. The van der Waals surface area contributed by atoms with E-state index in [0.717, 1.165) is 18.2 Å². The molecule has 3 atom stereocenters. The number of benzene rings is 2. The van der Waals surface area contributed by atoms with Gasteiger partial charge >= 0.3 is 0 Å². The molecule has 0 radical (unpaired) electrons. The Hall–Kier alpha value is -3.30. The minimum Gasteiger partial charge on any atom is -0.381 e. The van der Waals surface area contributed by atoms with Gasteiger partial charge in [-0.1, -0.05) is 12.1 Å². The number of hydrogen-bond acceptors (Lipinski definition) is 6. The Morgan fingerprint density at radius 3 is 2.75 bits per heavy atom. The van der Waals surface area contributed by atoms with E-state index < -0.39 is 78.5 Å². The van der Waals surface area contributed by atoms with Crippen LogP contribution in [0.4, 0.5) is 10.1 Å². The lowest BCUT2D eigenvalue weighted by Crippen LogP contribution is -2.52. The zero-order chi connectivity index (χ0) is 34.4. The van der Waals surface area contributed by atoms with E-state index in [9.17, 15) is 14.4 Å². The Morgan fingerprint density at radius 2 is 1.97 bits per heavy atom. The summed E-state index contributed by atoms with van der Waals surface area (Å²) >= 11 is 0. The molecule has 0 aliphatic carbocycles. The van der Waals surface area contributed by atoms with Crippen LogP contribution in [-0.4, -0.2) is 58.9 Å². The number of piperidine rings is 1. The highest BCUT2D eigenvalue weighted by atomic mass is 19.1. The first-order chi connectivity index (χ1) is 21.0. The Morgan fingerprint density at radius 1 is 1.19 bits per heavy atom. The van der Waals surface area contributed by atoms with Crippen LogP contribution < -0.4 is 10.6 Å². The fourth-order valence-electron chi connectivity index (χ4n) is 4.31. The quantitative estimate of drug-likeness (QED) is 0.588. The number of imide groups is 1. The van der Waals surface area contributed by atoms with Gasteiger partial charge in [0.15, 0.2) is 0 Å². The van der Waals surface area contributed by atoms with Gasteiger partial charge in [0.2, 0.25) is 11.8 Å². The smallest absolute Gasteiger partial charge is 0.255 e. The van der Waals surface area contributed by atoms with E-state index in [-0.39, 0.29) is 41.4 Å². The van der Waals surface area contributed by atoms with E-state index in [4.69, 9.17) is 18.4 Å². The molecule has 190 valence electrons. The lowest BCUT2D eigenvalue weighted by atomic mass is 10.0. The molecule has 3 heterocycles. The topological polar surface area (TPSA) is 91.0 Å². The number of nitrogens with zero attached hydrogens (tertiary/aromatic N) is 2. The largest absolute Gasteiger partial charge is 0.381 e. The van der Waals surface area contributed by atoms with E-state index in [1.807, 2.05) is 0 Å². The zero-order valence-electron chi connectivity index (χ0n) is 29.5. The summed E-state index contributed by atoms with van der Waals surface area (Å²) in [5, 5.41) is 4.05. The zero-order valence-corrected chi connectivity index (χ0v) is 19.5. The van der Waals surface area contributed by atoms with Crippen molar-refractivity contribution in [2.75, 3.05) is 18.4 Å². The molecule has 5 rings (SSSR count). The maximum atomic E-state index is 15.2. The van der Waals surface area contributed by atoms with E-state index in [1.165, 1.54) is 23.1 Å². The number of morpholine rings is 1. The van der Waals surface area contributed by atoms with Crippen LogP contribution in [0.1, 0.15) is 67.3 Å². The van der Waals surface area contributed by atoms with Crippen LogP contribution in [0, 0.1) is 5.82 Å². The first-order valence-corrected chi connectivity index (χ1v) is 11.4. The number of halogens is 1. The number of anilines is 1. The average Bonchev–Trinajstić information content (AvgIpc) is 3.13. The highest BCUT2D eigenvalue weighted by Crippen LogP contribution is 2.32. The third-order valence-corrected chi connectivity index (χ3v) is 5.82. The molecular formula is C27H31FN4O4. The van der Waals surface area contributed by atoms with E-state index in [2.05, 4.69) is 5.32 Å². The van der Waals surface area contributed by atoms with Gasteiger partial charge in [0, 0.05) is 69.6 Å². The van der Waals surface area contributed by atoms with Crippen molar-refractivity contribution in [3.63, 3.8) is 0 Å². The van der Waals surface area contributed by atoms with Crippen molar-refractivity contribution >= 4 is 23.4 Å². The molecule has 3 aliphatic heterocycles. The maximum Gasteiger partial charge on any atom is 0.255 e. The van der Waals surface area contributed by atoms with Crippen LogP contribution in [-0.2, 0) is 33.8 Å². The van der Waals surface area contributed by atoms with Crippen LogP contribution in [0.15, 0.2) is 36.4 Å². The van der Waals surface area contributed by atoms with Crippen molar-refractivity contribution in [3.8, 4) is 0 Å². The van der Waals surface area contributed by atoms with Gasteiger partial charge in [-0.15, -0.1) is 0 Å². The second kappa shape index (κ2) is 9.99. The van der Waals surface area contributed by atoms with Crippen molar-refractivity contribution in [1.82, 2.24) is 15.1 Å². The molecule has 3 amide bonds. The van der Waals surface area contributed by atoms with Crippen LogP contribution in [0.25, 0.3) is 0 Å². The predicted molar refractivity (Wildman–Crippen MR) is 131 cm³/mol. The normalized spacial score (nSPS) is 33.7. The molecule has 0 spiro atoms.